The Hall–Kier alpha value is -0.980. The molecule has 0 atom stereocenters. The molecule has 0 saturated heterocycles. The van der Waals surface area contributed by atoms with Gasteiger partial charge in [-0.2, -0.15) is 0 Å². The van der Waals surface area contributed by atoms with Crippen LogP contribution in [-0.2, 0) is 11.8 Å². The third-order valence-corrected chi connectivity index (χ3v) is 2.39. The number of rotatable bonds is 1. The van der Waals surface area contributed by atoms with Gasteiger partial charge in [0, 0.05) is 5.69 Å². The fourth-order valence-corrected chi connectivity index (χ4v) is 1.38. The zero-order valence-electron chi connectivity index (χ0n) is 9.02. The fourth-order valence-electron chi connectivity index (χ4n) is 1.38. The molecule has 1 nitrogen and oxygen atoms in total. The van der Waals surface area contributed by atoms with E-state index in [0.717, 1.165) is 12.1 Å². The molecule has 1 rings (SSSR count). The molecule has 0 fully saturated rings. The summed E-state index contributed by atoms with van der Waals surface area (Å²) in [5, 5.41) is 0. The van der Waals surface area contributed by atoms with Gasteiger partial charge in [-0.15, -0.1) is 0 Å². The molecule has 0 bridgehead atoms. The van der Waals surface area contributed by atoms with Crippen molar-refractivity contribution in [2.75, 3.05) is 5.73 Å². The Bertz CT molecular complexity index is 294. The molecule has 0 aliphatic rings. The molecule has 72 valence electrons. The molecule has 0 unspecified atom stereocenters. The van der Waals surface area contributed by atoms with Crippen molar-refractivity contribution in [2.45, 2.75) is 39.5 Å². The van der Waals surface area contributed by atoms with Crippen molar-refractivity contribution in [1.29, 1.82) is 0 Å². The summed E-state index contributed by atoms with van der Waals surface area (Å²) >= 11 is 0. The zero-order chi connectivity index (χ0) is 10.1. The van der Waals surface area contributed by atoms with Crippen molar-refractivity contribution in [3.63, 3.8) is 0 Å². The molecular formula is C12H19N. The van der Waals surface area contributed by atoms with Crippen LogP contribution in [0.25, 0.3) is 0 Å². The molecule has 0 spiro atoms. The second kappa shape index (κ2) is 3.41. The summed E-state index contributed by atoms with van der Waals surface area (Å²) in [7, 11) is 0. The van der Waals surface area contributed by atoms with E-state index < -0.39 is 0 Å². The van der Waals surface area contributed by atoms with Crippen molar-refractivity contribution < 1.29 is 0 Å². The molecule has 0 amide bonds. The lowest BCUT2D eigenvalue weighted by Crippen LogP contribution is -2.11. The van der Waals surface area contributed by atoms with Crippen LogP contribution in [0.1, 0.15) is 38.8 Å². The van der Waals surface area contributed by atoms with Crippen LogP contribution in [0.15, 0.2) is 18.2 Å². The average Bonchev–Trinajstić information content (AvgIpc) is 2.03. The van der Waals surface area contributed by atoms with Crippen LogP contribution in [0.4, 0.5) is 5.69 Å². The molecule has 0 radical (unpaired) electrons. The van der Waals surface area contributed by atoms with Gasteiger partial charge < -0.3 is 5.73 Å². The lowest BCUT2D eigenvalue weighted by molar-refractivity contribution is 0.589. The van der Waals surface area contributed by atoms with Crippen LogP contribution in [0.3, 0.4) is 0 Å². The summed E-state index contributed by atoms with van der Waals surface area (Å²) in [5.41, 5.74) is 9.59. The first-order chi connectivity index (χ1) is 5.95. The monoisotopic (exact) mass is 177 g/mol. The van der Waals surface area contributed by atoms with Gasteiger partial charge >= 0.3 is 0 Å². The Morgan fingerprint density at radius 3 is 2.31 bits per heavy atom. The van der Waals surface area contributed by atoms with E-state index in [2.05, 4.69) is 39.8 Å². The second-order valence-electron chi connectivity index (χ2n) is 4.52. The predicted molar refractivity (Wildman–Crippen MR) is 58.9 cm³/mol. The number of benzene rings is 1. The molecule has 0 aliphatic carbocycles. The lowest BCUT2D eigenvalue weighted by Gasteiger charge is -2.20. The van der Waals surface area contributed by atoms with E-state index in [1.54, 1.807) is 0 Å². The van der Waals surface area contributed by atoms with Crippen molar-refractivity contribution in [3.05, 3.63) is 29.3 Å². The van der Waals surface area contributed by atoms with Crippen LogP contribution in [-0.4, -0.2) is 0 Å². The van der Waals surface area contributed by atoms with Crippen LogP contribution < -0.4 is 5.73 Å². The second-order valence-corrected chi connectivity index (χ2v) is 4.52. The lowest BCUT2D eigenvalue weighted by atomic mass is 9.85. The van der Waals surface area contributed by atoms with E-state index in [0.29, 0.717) is 0 Å². The van der Waals surface area contributed by atoms with Gasteiger partial charge in [-0.3, -0.25) is 0 Å². The minimum atomic E-state index is 0.220. The molecule has 1 heteroatoms. The molecule has 0 saturated carbocycles. The van der Waals surface area contributed by atoms with Gasteiger partial charge in [-0.05, 0) is 29.0 Å². The zero-order valence-corrected chi connectivity index (χ0v) is 9.02. The molecule has 1 aromatic rings. The highest BCUT2D eigenvalue weighted by atomic mass is 14.6. The summed E-state index contributed by atoms with van der Waals surface area (Å²) in [6.07, 6.45) is 1.01. The minimum absolute atomic E-state index is 0.220. The molecule has 0 aromatic heterocycles. The SMILES string of the molecule is CCc1cc(C(C)(C)C)ccc1N. The predicted octanol–water partition coefficient (Wildman–Crippen LogP) is 3.13. The Balaban J connectivity index is 3.14. The van der Waals surface area contributed by atoms with Gasteiger partial charge in [-0.1, -0.05) is 39.8 Å². The van der Waals surface area contributed by atoms with E-state index in [4.69, 9.17) is 5.73 Å². The maximum absolute atomic E-state index is 5.84. The van der Waals surface area contributed by atoms with E-state index in [1.165, 1.54) is 11.1 Å². The van der Waals surface area contributed by atoms with Crippen molar-refractivity contribution in [3.8, 4) is 0 Å². The Morgan fingerprint density at radius 1 is 1.23 bits per heavy atom. The van der Waals surface area contributed by atoms with Crippen LogP contribution in [0, 0.1) is 0 Å². The summed E-state index contributed by atoms with van der Waals surface area (Å²) in [6.45, 7) is 8.80. The van der Waals surface area contributed by atoms with Crippen molar-refractivity contribution in [2.24, 2.45) is 0 Å². The molecule has 0 aliphatic heterocycles. The summed E-state index contributed by atoms with van der Waals surface area (Å²) < 4.78 is 0. The Kier molecular flexibility index (Phi) is 2.65. The summed E-state index contributed by atoms with van der Waals surface area (Å²) in [5.74, 6) is 0. The number of anilines is 1. The maximum Gasteiger partial charge on any atom is 0.0346 e. The highest BCUT2D eigenvalue weighted by Gasteiger charge is 2.14. The van der Waals surface area contributed by atoms with Crippen LogP contribution in [0.5, 0.6) is 0 Å². The van der Waals surface area contributed by atoms with Gasteiger partial charge in [0.15, 0.2) is 0 Å². The molecule has 2 N–H and O–H groups in total. The number of hydrogen-bond donors (Lipinski definition) is 1. The van der Waals surface area contributed by atoms with E-state index in [9.17, 15) is 0 Å². The van der Waals surface area contributed by atoms with Crippen molar-refractivity contribution in [1.82, 2.24) is 0 Å². The van der Waals surface area contributed by atoms with Gasteiger partial charge in [-0.25, -0.2) is 0 Å². The van der Waals surface area contributed by atoms with Gasteiger partial charge in [0.05, 0.1) is 0 Å². The first-order valence-corrected chi connectivity index (χ1v) is 4.84. The minimum Gasteiger partial charge on any atom is -0.399 e. The van der Waals surface area contributed by atoms with Gasteiger partial charge in [0.1, 0.15) is 0 Å². The standard InChI is InChI=1S/C12H19N/c1-5-9-8-10(12(2,3)4)6-7-11(9)13/h6-8H,5,13H2,1-4H3. The fraction of sp³-hybridized carbons (Fsp3) is 0.500. The normalized spacial score (nSPS) is 11.7. The number of aryl methyl sites for hydroxylation is 1. The quantitative estimate of drug-likeness (QED) is 0.655. The van der Waals surface area contributed by atoms with E-state index >= 15 is 0 Å². The topological polar surface area (TPSA) is 26.0 Å². The van der Waals surface area contributed by atoms with E-state index in [-0.39, 0.29) is 5.41 Å². The highest BCUT2D eigenvalue weighted by molar-refractivity contribution is 5.49. The molecule has 0 heterocycles. The number of nitrogen functional groups attached to an aromatic ring is 1. The summed E-state index contributed by atoms with van der Waals surface area (Å²) in [4.78, 5) is 0. The molecule has 13 heavy (non-hydrogen) atoms. The third-order valence-electron chi connectivity index (χ3n) is 2.39. The van der Waals surface area contributed by atoms with Crippen molar-refractivity contribution >= 4 is 5.69 Å². The largest absolute Gasteiger partial charge is 0.399 e. The average molecular weight is 177 g/mol. The number of nitrogens with two attached hydrogens (primary N) is 1. The van der Waals surface area contributed by atoms with Crippen LogP contribution >= 0.6 is 0 Å². The van der Waals surface area contributed by atoms with E-state index in [1.807, 2.05) is 6.07 Å². The molecule has 1 aromatic carbocycles. The third kappa shape index (κ3) is 2.24. The highest BCUT2D eigenvalue weighted by Crippen LogP contribution is 2.25. The molecular weight excluding hydrogens is 158 g/mol. The maximum atomic E-state index is 5.84. The Labute approximate surface area is 81.0 Å². The van der Waals surface area contributed by atoms with Gasteiger partial charge in [0.2, 0.25) is 0 Å². The van der Waals surface area contributed by atoms with Gasteiger partial charge in [0.25, 0.3) is 0 Å². The Morgan fingerprint density at radius 2 is 1.85 bits per heavy atom. The van der Waals surface area contributed by atoms with Crippen LogP contribution in [0.2, 0.25) is 0 Å². The number of hydrogen-bond acceptors (Lipinski definition) is 1. The first-order valence-electron chi connectivity index (χ1n) is 4.84. The smallest absolute Gasteiger partial charge is 0.0346 e. The first kappa shape index (κ1) is 10.1. The summed E-state index contributed by atoms with van der Waals surface area (Å²) in [6, 6.07) is 6.35.